The Morgan fingerprint density at radius 1 is 1.20 bits per heavy atom. The molecule has 3 N–H and O–H groups in total. The molecule has 0 amide bonds. The van der Waals surface area contributed by atoms with Crippen molar-refractivity contribution >= 4 is 38.8 Å². The van der Waals surface area contributed by atoms with E-state index in [2.05, 4.69) is 10.3 Å². The van der Waals surface area contributed by atoms with E-state index in [1.807, 2.05) is 12.1 Å². The number of nitrogens with one attached hydrogen (secondary N) is 1. The van der Waals surface area contributed by atoms with Gasteiger partial charge in [-0.25, -0.2) is 4.98 Å². The van der Waals surface area contributed by atoms with Crippen LogP contribution in [0.1, 0.15) is 5.56 Å². The second-order valence-corrected chi connectivity index (χ2v) is 5.58. The van der Waals surface area contributed by atoms with Crippen LogP contribution in [0, 0.1) is 0 Å². The first-order chi connectivity index (χ1) is 9.65. The zero-order valence-corrected chi connectivity index (χ0v) is 11.9. The van der Waals surface area contributed by atoms with Crippen LogP contribution in [-0.2, 0) is 6.54 Å². The fourth-order valence-corrected chi connectivity index (χ4v) is 2.86. The molecule has 0 aliphatic heterocycles. The predicted octanol–water partition coefficient (Wildman–Crippen LogP) is 3.97. The molecule has 102 valence electrons. The zero-order valence-electron chi connectivity index (χ0n) is 10.3. The quantitative estimate of drug-likeness (QED) is 0.685. The molecule has 0 saturated carbocycles. The van der Waals surface area contributed by atoms with Gasteiger partial charge in [0.25, 0.3) is 0 Å². The van der Waals surface area contributed by atoms with Gasteiger partial charge in [0.1, 0.15) is 17.0 Å². The number of fused-ring (bicyclic) bond motifs is 1. The third kappa shape index (κ3) is 2.37. The minimum atomic E-state index is 0.0332. The highest BCUT2D eigenvalue weighted by Gasteiger charge is 2.09. The van der Waals surface area contributed by atoms with E-state index < -0.39 is 0 Å². The Labute approximate surface area is 124 Å². The molecule has 3 rings (SSSR count). The van der Waals surface area contributed by atoms with Crippen molar-refractivity contribution < 1.29 is 10.2 Å². The molecule has 1 aromatic heterocycles. The van der Waals surface area contributed by atoms with Gasteiger partial charge in [-0.15, -0.1) is 11.3 Å². The Kier molecular flexibility index (Phi) is 3.38. The molecule has 0 atom stereocenters. The summed E-state index contributed by atoms with van der Waals surface area (Å²) in [5.74, 6) is 0.0740. The molecule has 6 heteroatoms. The number of phenolic OH excluding ortho intramolecular Hbond substituents is 2. The topological polar surface area (TPSA) is 65.4 Å². The standard InChI is InChI=1S/C14H11ClN2O2S/c15-10-3-4-12-14(17-7-20-12)13(10)16-6-8-1-2-9(18)5-11(8)19/h1-5,7,16,18-19H,6H2. The molecule has 4 nitrogen and oxygen atoms in total. The molecule has 0 aliphatic carbocycles. The Bertz CT molecular complexity index is 773. The van der Waals surface area contributed by atoms with Crippen molar-refractivity contribution in [3.05, 3.63) is 46.4 Å². The number of phenols is 2. The highest BCUT2D eigenvalue weighted by molar-refractivity contribution is 7.16. The number of hydrogen-bond donors (Lipinski definition) is 3. The van der Waals surface area contributed by atoms with Crippen molar-refractivity contribution in [1.82, 2.24) is 4.98 Å². The van der Waals surface area contributed by atoms with E-state index >= 15 is 0 Å². The maximum atomic E-state index is 9.77. The summed E-state index contributed by atoms with van der Waals surface area (Å²) in [5, 5.41) is 22.8. The second kappa shape index (κ2) is 5.19. The van der Waals surface area contributed by atoms with Crippen LogP contribution in [0.2, 0.25) is 5.02 Å². The molecular formula is C14H11ClN2O2S. The molecule has 1 heterocycles. The van der Waals surface area contributed by atoms with Gasteiger partial charge < -0.3 is 15.5 Å². The molecular weight excluding hydrogens is 296 g/mol. The molecule has 0 aliphatic rings. The van der Waals surface area contributed by atoms with Crippen molar-refractivity contribution in [3.63, 3.8) is 0 Å². The van der Waals surface area contributed by atoms with Crippen molar-refractivity contribution in [1.29, 1.82) is 0 Å². The first-order valence-electron chi connectivity index (χ1n) is 5.91. The number of thiazole rings is 1. The summed E-state index contributed by atoms with van der Waals surface area (Å²) in [6.07, 6.45) is 0. The lowest BCUT2D eigenvalue weighted by molar-refractivity contribution is 0.446. The summed E-state index contributed by atoms with van der Waals surface area (Å²) >= 11 is 7.74. The number of anilines is 1. The Balaban J connectivity index is 1.90. The molecule has 0 radical (unpaired) electrons. The fraction of sp³-hybridized carbons (Fsp3) is 0.0714. The number of rotatable bonds is 3. The number of hydrogen-bond acceptors (Lipinski definition) is 5. The summed E-state index contributed by atoms with van der Waals surface area (Å²) in [7, 11) is 0. The van der Waals surface area contributed by atoms with Crippen molar-refractivity contribution in [2.75, 3.05) is 5.32 Å². The summed E-state index contributed by atoms with van der Waals surface area (Å²) in [6.45, 7) is 0.391. The van der Waals surface area contributed by atoms with Crippen molar-refractivity contribution in [2.45, 2.75) is 6.54 Å². The van der Waals surface area contributed by atoms with Gasteiger partial charge in [-0.05, 0) is 24.3 Å². The zero-order chi connectivity index (χ0) is 14.1. The molecule has 0 bridgehead atoms. The highest BCUT2D eigenvalue weighted by atomic mass is 35.5. The average Bonchev–Trinajstić information content (AvgIpc) is 2.88. The number of halogens is 1. The van der Waals surface area contributed by atoms with Crippen LogP contribution in [0.25, 0.3) is 10.2 Å². The third-order valence-electron chi connectivity index (χ3n) is 2.98. The molecule has 0 spiro atoms. The largest absolute Gasteiger partial charge is 0.508 e. The lowest BCUT2D eigenvalue weighted by atomic mass is 10.2. The molecule has 3 aromatic rings. The summed E-state index contributed by atoms with van der Waals surface area (Å²) in [5.41, 5.74) is 4.01. The molecule has 2 aromatic carbocycles. The first-order valence-corrected chi connectivity index (χ1v) is 7.17. The third-order valence-corrected chi connectivity index (χ3v) is 4.09. The van der Waals surface area contributed by atoms with Gasteiger partial charge >= 0.3 is 0 Å². The van der Waals surface area contributed by atoms with E-state index in [1.54, 1.807) is 22.9 Å². The van der Waals surface area contributed by atoms with Gasteiger partial charge in [0.2, 0.25) is 0 Å². The molecule has 0 unspecified atom stereocenters. The normalized spacial score (nSPS) is 10.8. The summed E-state index contributed by atoms with van der Waals surface area (Å²) < 4.78 is 1.05. The minimum Gasteiger partial charge on any atom is -0.508 e. The van der Waals surface area contributed by atoms with Gasteiger partial charge in [-0.1, -0.05) is 11.6 Å². The highest BCUT2D eigenvalue weighted by Crippen LogP contribution is 2.33. The molecule has 0 fully saturated rings. The van der Waals surface area contributed by atoms with Gasteiger partial charge in [0, 0.05) is 18.2 Å². The smallest absolute Gasteiger partial charge is 0.124 e. The predicted molar refractivity (Wildman–Crippen MR) is 81.7 cm³/mol. The number of nitrogens with zero attached hydrogens (tertiary/aromatic N) is 1. The van der Waals surface area contributed by atoms with Gasteiger partial charge in [0.15, 0.2) is 0 Å². The number of aromatic hydroxyl groups is 2. The summed E-state index contributed by atoms with van der Waals surface area (Å²) in [6, 6.07) is 8.25. The maximum absolute atomic E-state index is 9.77. The Morgan fingerprint density at radius 2 is 2.05 bits per heavy atom. The van der Waals surface area contributed by atoms with E-state index in [-0.39, 0.29) is 11.5 Å². The SMILES string of the molecule is Oc1ccc(CNc2c(Cl)ccc3scnc23)c(O)c1. The van der Waals surface area contributed by atoms with E-state index in [1.165, 1.54) is 12.1 Å². The lowest BCUT2D eigenvalue weighted by Crippen LogP contribution is -2.01. The van der Waals surface area contributed by atoms with Crippen LogP contribution in [0.4, 0.5) is 5.69 Å². The van der Waals surface area contributed by atoms with Crippen LogP contribution in [0.3, 0.4) is 0 Å². The second-order valence-electron chi connectivity index (χ2n) is 4.29. The Morgan fingerprint density at radius 3 is 2.85 bits per heavy atom. The Hall–Kier alpha value is -1.98. The van der Waals surface area contributed by atoms with Crippen LogP contribution in [0.15, 0.2) is 35.8 Å². The van der Waals surface area contributed by atoms with E-state index in [9.17, 15) is 10.2 Å². The van der Waals surface area contributed by atoms with Crippen LogP contribution in [0.5, 0.6) is 11.5 Å². The number of benzene rings is 2. The maximum Gasteiger partial charge on any atom is 0.124 e. The summed E-state index contributed by atoms with van der Waals surface area (Å²) in [4.78, 5) is 4.30. The number of aromatic nitrogens is 1. The van der Waals surface area contributed by atoms with Crippen LogP contribution in [-0.4, -0.2) is 15.2 Å². The van der Waals surface area contributed by atoms with Crippen LogP contribution >= 0.6 is 22.9 Å². The van der Waals surface area contributed by atoms with Crippen molar-refractivity contribution in [3.8, 4) is 11.5 Å². The lowest BCUT2D eigenvalue weighted by Gasteiger charge is -2.10. The fourth-order valence-electron chi connectivity index (χ4n) is 1.96. The van der Waals surface area contributed by atoms with Gasteiger partial charge in [0.05, 0.1) is 20.9 Å². The molecule has 20 heavy (non-hydrogen) atoms. The van der Waals surface area contributed by atoms with Crippen LogP contribution < -0.4 is 5.32 Å². The van der Waals surface area contributed by atoms with Crippen molar-refractivity contribution in [2.24, 2.45) is 0 Å². The van der Waals surface area contributed by atoms with E-state index in [4.69, 9.17) is 11.6 Å². The van der Waals surface area contributed by atoms with Gasteiger partial charge in [-0.3, -0.25) is 0 Å². The van der Waals surface area contributed by atoms with Gasteiger partial charge in [-0.2, -0.15) is 0 Å². The monoisotopic (exact) mass is 306 g/mol. The molecule has 0 saturated heterocycles. The van der Waals surface area contributed by atoms with E-state index in [0.717, 1.165) is 15.9 Å². The average molecular weight is 307 g/mol. The van der Waals surface area contributed by atoms with E-state index in [0.29, 0.717) is 17.1 Å². The minimum absolute atomic E-state index is 0.0332. The first kappa shape index (κ1) is 13.0.